The van der Waals surface area contributed by atoms with Gasteiger partial charge in [-0.25, -0.2) is 15.0 Å². The summed E-state index contributed by atoms with van der Waals surface area (Å²) >= 11 is 0. The highest BCUT2D eigenvalue weighted by atomic mass is 15.0. The van der Waals surface area contributed by atoms with E-state index in [-0.39, 0.29) is 0 Å². The summed E-state index contributed by atoms with van der Waals surface area (Å²) < 4.78 is 0. The molecule has 2 heterocycles. The molecule has 0 saturated carbocycles. The number of rotatable bonds is 5. The zero-order valence-electron chi connectivity index (χ0n) is 31.3. The van der Waals surface area contributed by atoms with Crippen LogP contribution in [0.2, 0.25) is 0 Å². The summed E-state index contributed by atoms with van der Waals surface area (Å²) in [7, 11) is 0. The second kappa shape index (κ2) is 12.9. The van der Waals surface area contributed by atoms with Gasteiger partial charge >= 0.3 is 0 Å². The second-order valence-electron chi connectivity index (χ2n) is 15.0. The Labute approximate surface area is 334 Å². The Bertz CT molecular complexity index is 3500. The molecule has 0 N–H and O–H groups in total. The third-order valence-electron chi connectivity index (χ3n) is 11.7. The van der Waals surface area contributed by atoms with Gasteiger partial charge in [0.15, 0.2) is 17.5 Å². The lowest BCUT2D eigenvalue weighted by atomic mass is 9.85. The van der Waals surface area contributed by atoms with E-state index in [1.54, 1.807) is 12.4 Å². The van der Waals surface area contributed by atoms with Gasteiger partial charge in [0, 0.05) is 29.1 Å². The van der Waals surface area contributed by atoms with Crippen LogP contribution in [0.5, 0.6) is 0 Å². The summed E-state index contributed by atoms with van der Waals surface area (Å²) in [6.07, 6.45) is 3.57. The van der Waals surface area contributed by atoms with E-state index in [1.165, 1.54) is 64.6 Å². The van der Waals surface area contributed by atoms with Crippen molar-refractivity contribution in [3.63, 3.8) is 0 Å². The third kappa shape index (κ3) is 5.02. The molecule has 0 radical (unpaired) electrons. The van der Waals surface area contributed by atoms with E-state index in [1.807, 2.05) is 42.5 Å². The van der Waals surface area contributed by atoms with Crippen LogP contribution in [-0.2, 0) is 0 Å². The average Bonchev–Trinajstić information content (AvgIpc) is 3.30. The van der Waals surface area contributed by atoms with Crippen molar-refractivity contribution < 1.29 is 0 Å². The minimum absolute atomic E-state index is 0.581. The van der Waals surface area contributed by atoms with Crippen molar-refractivity contribution in [3.8, 4) is 56.4 Å². The van der Waals surface area contributed by atoms with Crippen molar-refractivity contribution in [2.45, 2.75) is 0 Å². The molecular formula is C54H32N4. The van der Waals surface area contributed by atoms with Crippen molar-refractivity contribution in [3.05, 3.63) is 194 Å². The Morgan fingerprint density at radius 3 is 1.38 bits per heavy atom. The van der Waals surface area contributed by atoms with Crippen molar-refractivity contribution >= 4 is 64.6 Å². The Kier molecular flexibility index (Phi) is 7.20. The largest absolute Gasteiger partial charge is 0.264 e. The van der Waals surface area contributed by atoms with Crippen LogP contribution in [0.1, 0.15) is 0 Å². The van der Waals surface area contributed by atoms with Gasteiger partial charge in [-0.05, 0) is 111 Å². The Hall–Kier alpha value is -7.82. The van der Waals surface area contributed by atoms with E-state index in [9.17, 15) is 0 Å². The van der Waals surface area contributed by atoms with E-state index >= 15 is 0 Å². The van der Waals surface area contributed by atoms with E-state index in [2.05, 4.69) is 145 Å². The van der Waals surface area contributed by atoms with Gasteiger partial charge in [0.2, 0.25) is 0 Å². The van der Waals surface area contributed by atoms with Gasteiger partial charge in [-0.1, -0.05) is 158 Å². The van der Waals surface area contributed by atoms with Crippen molar-refractivity contribution in [2.24, 2.45) is 0 Å². The van der Waals surface area contributed by atoms with Crippen LogP contribution in [0.25, 0.3) is 121 Å². The first-order chi connectivity index (χ1) is 28.8. The van der Waals surface area contributed by atoms with Crippen LogP contribution in [0.3, 0.4) is 0 Å². The van der Waals surface area contributed by atoms with Gasteiger partial charge in [-0.15, -0.1) is 0 Å². The highest BCUT2D eigenvalue weighted by Crippen LogP contribution is 2.46. The zero-order chi connectivity index (χ0) is 38.2. The molecule has 268 valence electrons. The monoisotopic (exact) mass is 736 g/mol. The molecule has 0 fully saturated rings. The second-order valence-corrected chi connectivity index (χ2v) is 15.0. The van der Waals surface area contributed by atoms with E-state index in [0.717, 1.165) is 38.9 Å². The maximum absolute atomic E-state index is 5.13. The lowest BCUT2D eigenvalue weighted by Crippen LogP contribution is -2.01. The Balaban J connectivity index is 1.14. The minimum atomic E-state index is 0.581. The smallest absolute Gasteiger partial charge is 0.165 e. The standard InChI is InChI=1S/C54H32N4/c1-2-12-36(13-3-1)52-56-53(38-17-11-29-55-32-38)58-54(57-52)46-21-7-6-20-42(46)41-19-5-4-18-40(41)39-30-37-28-27-35-15-9-23-44-43-22-8-14-33-25-26-34-16-10-24-45(50(34)48(33)43)47(31-39)51(37)49(35)44/h1-32H. The summed E-state index contributed by atoms with van der Waals surface area (Å²) in [6, 6.07) is 65.4. The highest BCUT2D eigenvalue weighted by Gasteiger charge is 2.20. The molecule has 0 unspecified atom stereocenters. The van der Waals surface area contributed by atoms with Gasteiger partial charge in [0.25, 0.3) is 0 Å². The molecule has 12 aromatic rings. The van der Waals surface area contributed by atoms with Crippen molar-refractivity contribution in [1.82, 2.24) is 19.9 Å². The molecular weight excluding hydrogens is 705 g/mol. The molecule has 2 aromatic heterocycles. The number of nitrogens with zero attached hydrogens (tertiary/aromatic N) is 4. The maximum Gasteiger partial charge on any atom is 0.165 e. The number of benzene rings is 9. The maximum atomic E-state index is 5.13. The molecule has 58 heavy (non-hydrogen) atoms. The SMILES string of the molecule is c1ccc(-c2nc(-c3cccnc3)nc(-c3ccccc3-c3ccccc3-c3cc4ccc5cccc6c7cccc8ccc9cccc(c(c3)c4c56)c9c87)n2)cc1. The number of aromatic nitrogens is 4. The first kappa shape index (κ1) is 32.4. The molecule has 0 atom stereocenters. The topological polar surface area (TPSA) is 51.6 Å². The molecule has 10 aromatic carbocycles. The van der Waals surface area contributed by atoms with Crippen LogP contribution >= 0.6 is 0 Å². The Morgan fingerprint density at radius 1 is 0.276 bits per heavy atom. The molecule has 0 bridgehead atoms. The molecule has 0 aliphatic carbocycles. The predicted octanol–water partition coefficient (Wildman–Crippen LogP) is 14.0. The minimum Gasteiger partial charge on any atom is -0.264 e. The lowest BCUT2D eigenvalue weighted by Gasteiger charge is -2.18. The summed E-state index contributed by atoms with van der Waals surface area (Å²) in [5, 5.41) is 15.2. The van der Waals surface area contributed by atoms with Gasteiger partial charge in [-0.2, -0.15) is 0 Å². The van der Waals surface area contributed by atoms with Crippen molar-refractivity contribution in [1.29, 1.82) is 0 Å². The summed E-state index contributed by atoms with van der Waals surface area (Å²) in [4.78, 5) is 19.5. The number of hydrogen-bond donors (Lipinski definition) is 0. The average molecular weight is 737 g/mol. The van der Waals surface area contributed by atoms with Crippen LogP contribution in [0.4, 0.5) is 0 Å². The molecule has 12 rings (SSSR count). The summed E-state index contributed by atoms with van der Waals surface area (Å²) in [6.45, 7) is 0. The highest BCUT2D eigenvalue weighted by molar-refractivity contribution is 6.37. The summed E-state index contributed by atoms with van der Waals surface area (Å²) in [5.41, 5.74) is 7.13. The van der Waals surface area contributed by atoms with Crippen LogP contribution in [-0.4, -0.2) is 19.9 Å². The van der Waals surface area contributed by atoms with Gasteiger partial charge in [-0.3, -0.25) is 4.98 Å². The van der Waals surface area contributed by atoms with Crippen LogP contribution < -0.4 is 0 Å². The molecule has 0 aliphatic rings. The molecule has 4 heteroatoms. The first-order valence-corrected chi connectivity index (χ1v) is 19.6. The molecule has 0 spiro atoms. The molecule has 4 nitrogen and oxygen atoms in total. The van der Waals surface area contributed by atoms with E-state index in [0.29, 0.717) is 17.5 Å². The van der Waals surface area contributed by atoms with Crippen LogP contribution in [0, 0.1) is 0 Å². The van der Waals surface area contributed by atoms with Gasteiger partial charge < -0.3 is 0 Å². The summed E-state index contributed by atoms with van der Waals surface area (Å²) in [5.74, 6) is 1.81. The van der Waals surface area contributed by atoms with Crippen LogP contribution in [0.15, 0.2) is 194 Å². The zero-order valence-corrected chi connectivity index (χ0v) is 31.3. The van der Waals surface area contributed by atoms with Crippen molar-refractivity contribution in [2.75, 3.05) is 0 Å². The Morgan fingerprint density at radius 2 is 0.759 bits per heavy atom. The van der Waals surface area contributed by atoms with Gasteiger partial charge in [0.05, 0.1) is 0 Å². The molecule has 0 aliphatic heterocycles. The van der Waals surface area contributed by atoms with E-state index in [4.69, 9.17) is 15.0 Å². The predicted molar refractivity (Wildman–Crippen MR) is 241 cm³/mol. The normalized spacial score (nSPS) is 11.8. The number of fused-ring (bicyclic) bond motifs is 2. The molecule has 0 amide bonds. The first-order valence-electron chi connectivity index (χ1n) is 19.6. The fraction of sp³-hybridized carbons (Fsp3) is 0. The number of pyridine rings is 1. The quantitative estimate of drug-likeness (QED) is 0.165. The molecule has 0 saturated heterocycles. The van der Waals surface area contributed by atoms with Gasteiger partial charge in [0.1, 0.15) is 0 Å². The fourth-order valence-electron chi connectivity index (χ4n) is 9.16. The third-order valence-corrected chi connectivity index (χ3v) is 11.7. The van der Waals surface area contributed by atoms with E-state index < -0.39 is 0 Å². The number of hydrogen-bond acceptors (Lipinski definition) is 4. The fourth-order valence-corrected chi connectivity index (χ4v) is 9.16. The lowest BCUT2D eigenvalue weighted by molar-refractivity contribution is 1.07.